The van der Waals surface area contributed by atoms with E-state index in [1.807, 2.05) is 0 Å². The number of hydrogen-bond acceptors (Lipinski definition) is 5. The highest BCUT2D eigenvalue weighted by Gasteiger charge is 2.46. The molecule has 224 valence electrons. The lowest BCUT2D eigenvalue weighted by Gasteiger charge is -2.50. The van der Waals surface area contributed by atoms with Gasteiger partial charge in [-0.1, -0.05) is 116 Å². The Labute approximate surface area is 262 Å². The van der Waals surface area contributed by atoms with Crippen LogP contribution in [0.3, 0.4) is 0 Å². The van der Waals surface area contributed by atoms with Crippen LogP contribution in [0.25, 0.3) is 0 Å². The van der Waals surface area contributed by atoms with Crippen LogP contribution in [0, 0.1) is 5.41 Å². The number of hydrogen-bond donors (Lipinski definition) is 5. The first-order valence-electron chi connectivity index (χ1n) is 16.2. The van der Waals surface area contributed by atoms with Crippen molar-refractivity contribution in [3.63, 3.8) is 0 Å². The molecule has 0 aromatic heterocycles. The summed E-state index contributed by atoms with van der Waals surface area (Å²) >= 11 is 23.9. The number of rotatable bonds is 30. The first kappa shape index (κ1) is 38.8. The highest BCUT2D eigenvalue weighted by atomic mass is 32.1. The maximum absolute atomic E-state index is 5.72. The van der Waals surface area contributed by atoms with Crippen molar-refractivity contribution in [3.05, 3.63) is 0 Å². The van der Waals surface area contributed by atoms with E-state index in [9.17, 15) is 0 Å². The number of thiol groups is 5. The third-order valence-electron chi connectivity index (χ3n) is 8.65. The molecule has 2 unspecified atom stereocenters. The Morgan fingerprint density at radius 2 is 0.676 bits per heavy atom. The van der Waals surface area contributed by atoms with Gasteiger partial charge in [0, 0.05) is 4.75 Å². The molecule has 0 spiro atoms. The summed E-state index contributed by atoms with van der Waals surface area (Å²) < 4.78 is 0.138. The largest absolute Gasteiger partial charge is 0.179 e. The quantitative estimate of drug-likeness (QED) is 0.0388. The minimum atomic E-state index is 0.138. The molecular weight excluding hydrogens is 545 g/mol. The van der Waals surface area contributed by atoms with Crippen molar-refractivity contribution in [1.82, 2.24) is 0 Å². The van der Waals surface area contributed by atoms with Gasteiger partial charge in [-0.25, -0.2) is 0 Å². The van der Waals surface area contributed by atoms with Crippen LogP contribution < -0.4 is 0 Å². The molecule has 0 radical (unpaired) electrons. The summed E-state index contributed by atoms with van der Waals surface area (Å²) in [4.78, 5) is 0. The predicted octanol–water partition coefficient (Wildman–Crippen LogP) is 12.1. The van der Waals surface area contributed by atoms with Crippen LogP contribution in [0.2, 0.25) is 0 Å². The smallest absolute Gasteiger partial charge is 0.0186 e. The third-order valence-corrected chi connectivity index (χ3v) is 10.7. The van der Waals surface area contributed by atoms with Crippen molar-refractivity contribution in [2.24, 2.45) is 5.41 Å². The molecule has 2 atom stereocenters. The van der Waals surface area contributed by atoms with Gasteiger partial charge in [0.15, 0.2) is 0 Å². The summed E-state index contributed by atoms with van der Waals surface area (Å²) in [5.41, 5.74) is 0.318. The zero-order chi connectivity index (χ0) is 27.5. The van der Waals surface area contributed by atoms with Crippen LogP contribution in [0.15, 0.2) is 0 Å². The fourth-order valence-corrected chi connectivity index (χ4v) is 7.98. The fourth-order valence-electron chi connectivity index (χ4n) is 6.23. The van der Waals surface area contributed by atoms with Gasteiger partial charge in [0.1, 0.15) is 0 Å². The Bertz CT molecular complexity index is 460. The molecular formula is C32H66S5. The first-order chi connectivity index (χ1) is 18.1. The average molecular weight is 611 g/mol. The van der Waals surface area contributed by atoms with E-state index in [0.717, 1.165) is 23.0 Å². The lowest BCUT2D eigenvalue weighted by molar-refractivity contribution is 0.123. The summed E-state index contributed by atoms with van der Waals surface area (Å²) in [7, 11) is 0. The Kier molecular flexibility index (Phi) is 29.2. The molecule has 0 aliphatic carbocycles. The monoisotopic (exact) mass is 610 g/mol. The van der Waals surface area contributed by atoms with Crippen LogP contribution in [-0.2, 0) is 0 Å². The lowest BCUT2D eigenvalue weighted by atomic mass is 9.63. The predicted molar refractivity (Wildman–Crippen MR) is 191 cm³/mol. The van der Waals surface area contributed by atoms with Crippen molar-refractivity contribution in [2.45, 2.75) is 172 Å². The minimum Gasteiger partial charge on any atom is -0.179 e. The van der Waals surface area contributed by atoms with Crippen LogP contribution in [0.1, 0.15) is 167 Å². The molecule has 0 nitrogen and oxygen atoms in total. The second kappa shape index (κ2) is 27.9. The van der Waals surface area contributed by atoms with E-state index in [0.29, 0.717) is 5.41 Å². The van der Waals surface area contributed by atoms with Gasteiger partial charge in [0.25, 0.3) is 0 Å². The van der Waals surface area contributed by atoms with Gasteiger partial charge in [0.2, 0.25) is 0 Å². The third kappa shape index (κ3) is 19.5. The van der Waals surface area contributed by atoms with E-state index in [1.165, 1.54) is 161 Å². The highest BCUT2D eigenvalue weighted by Crippen LogP contribution is 2.53. The number of unbranched alkanes of at least 4 members (excludes halogenated alkanes) is 16. The average Bonchev–Trinajstić information content (AvgIpc) is 2.89. The van der Waals surface area contributed by atoms with Crippen molar-refractivity contribution in [1.29, 1.82) is 0 Å². The molecule has 0 fully saturated rings. The van der Waals surface area contributed by atoms with Crippen molar-refractivity contribution < 1.29 is 0 Å². The second-order valence-corrected chi connectivity index (χ2v) is 14.3. The molecule has 0 N–H and O–H groups in total. The molecule has 5 heteroatoms. The molecule has 0 bridgehead atoms. The molecule has 0 saturated carbocycles. The molecule has 0 aromatic carbocycles. The highest BCUT2D eigenvalue weighted by molar-refractivity contribution is 7.82. The van der Waals surface area contributed by atoms with E-state index in [4.69, 9.17) is 25.3 Å². The van der Waals surface area contributed by atoms with Crippen molar-refractivity contribution in [2.75, 3.05) is 23.0 Å². The van der Waals surface area contributed by atoms with E-state index in [1.54, 1.807) is 0 Å². The van der Waals surface area contributed by atoms with Gasteiger partial charge in [-0.05, 0) is 79.8 Å². The SMILES string of the molecule is CCCCCCCCCCC(CCS)(CCCCS)C(S)(CCCCCCS)CCCCCCCCS. The topological polar surface area (TPSA) is 0 Å². The molecule has 0 rings (SSSR count). The van der Waals surface area contributed by atoms with Crippen LogP contribution in [0.5, 0.6) is 0 Å². The molecule has 37 heavy (non-hydrogen) atoms. The molecule has 0 aromatic rings. The van der Waals surface area contributed by atoms with Gasteiger partial charge in [-0.3, -0.25) is 0 Å². The Morgan fingerprint density at radius 3 is 1.08 bits per heavy atom. The summed E-state index contributed by atoms with van der Waals surface area (Å²) in [5.74, 6) is 4.04. The van der Waals surface area contributed by atoms with E-state index in [-0.39, 0.29) is 4.75 Å². The van der Waals surface area contributed by atoms with E-state index in [2.05, 4.69) is 44.8 Å². The van der Waals surface area contributed by atoms with Crippen LogP contribution in [0.4, 0.5) is 0 Å². The fraction of sp³-hybridized carbons (Fsp3) is 1.00. The van der Waals surface area contributed by atoms with Gasteiger partial charge in [-0.15, -0.1) is 0 Å². The Morgan fingerprint density at radius 1 is 0.351 bits per heavy atom. The summed E-state index contributed by atoms with van der Waals surface area (Å²) in [6, 6.07) is 0. The first-order valence-corrected chi connectivity index (χ1v) is 19.2. The van der Waals surface area contributed by atoms with Crippen LogP contribution >= 0.6 is 63.1 Å². The van der Waals surface area contributed by atoms with E-state index < -0.39 is 0 Å². The van der Waals surface area contributed by atoms with Crippen molar-refractivity contribution >= 4 is 63.1 Å². The van der Waals surface area contributed by atoms with Gasteiger partial charge in [-0.2, -0.15) is 63.1 Å². The molecule has 0 saturated heterocycles. The standard InChI is InChI=1S/C32H66S5/c1-2-3-4-5-6-7-10-15-22-31(26-30-36,23-18-21-29-35)32(37,25-17-12-14-20-28-34)24-16-11-8-9-13-19-27-33/h33-37H,2-30H2,1H3. The maximum Gasteiger partial charge on any atom is 0.0186 e. The lowest BCUT2D eigenvalue weighted by Crippen LogP contribution is -2.45. The van der Waals surface area contributed by atoms with Gasteiger partial charge < -0.3 is 0 Å². The Hall–Kier alpha value is 1.75. The summed E-state index contributed by atoms with van der Waals surface area (Å²) in [6.07, 6.45) is 33.4. The summed E-state index contributed by atoms with van der Waals surface area (Å²) in [5, 5.41) is 0. The van der Waals surface area contributed by atoms with Gasteiger partial charge in [0.05, 0.1) is 0 Å². The molecule has 0 heterocycles. The van der Waals surface area contributed by atoms with Crippen molar-refractivity contribution in [3.8, 4) is 0 Å². The van der Waals surface area contributed by atoms with E-state index >= 15 is 0 Å². The maximum atomic E-state index is 5.72. The van der Waals surface area contributed by atoms with Gasteiger partial charge >= 0.3 is 0 Å². The summed E-state index contributed by atoms with van der Waals surface area (Å²) in [6.45, 7) is 2.31. The van der Waals surface area contributed by atoms with Crippen LogP contribution in [-0.4, -0.2) is 27.8 Å². The second-order valence-electron chi connectivity index (χ2n) is 11.7. The molecule has 0 aliphatic rings. The molecule has 0 amide bonds. The minimum absolute atomic E-state index is 0.138. The zero-order valence-electron chi connectivity index (χ0n) is 24.7. The Balaban J connectivity index is 5.33. The molecule has 0 aliphatic heterocycles. The normalized spacial score (nSPS) is 15.1. The zero-order valence-corrected chi connectivity index (χ0v) is 29.2.